The molecule has 2 heterocycles. The summed E-state index contributed by atoms with van der Waals surface area (Å²) in [6.45, 7) is 0.489. The van der Waals surface area contributed by atoms with Crippen molar-refractivity contribution in [1.82, 2.24) is 9.78 Å². The van der Waals surface area contributed by atoms with Gasteiger partial charge in [0.05, 0.1) is 11.9 Å². The summed E-state index contributed by atoms with van der Waals surface area (Å²) >= 11 is 0. The number of carbonyl (C=O) groups excluding carboxylic acids is 1. The van der Waals surface area contributed by atoms with E-state index < -0.39 is 5.97 Å². The van der Waals surface area contributed by atoms with E-state index in [9.17, 15) is 9.59 Å². The quantitative estimate of drug-likeness (QED) is 0.475. The van der Waals surface area contributed by atoms with E-state index in [1.165, 1.54) is 22.0 Å². The maximum absolute atomic E-state index is 11.8. The van der Waals surface area contributed by atoms with Crippen LogP contribution in [0, 0.1) is 5.92 Å². The largest absolute Gasteiger partial charge is 0.480 e. The van der Waals surface area contributed by atoms with E-state index in [-0.39, 0.29) is 24.9 Å². The summed E-state index contributed by atoms with van der Waals surface area (Å²) in [6.07, 6.45) is 3.29. The summed E-state index contributed by atoms with van der Waals surface area (Å²) < 4.78 is 1.26. The van der Waals surface area contributed by atoms with Gasteiger partial charge in [0, 0.05) is 30.6 Å². The van der Waals surface area contributed by atoms with Gasteiger partial charge in [-0.25, -0.2) is 0 Å². The fourth-order valence-corrected chi connectivity index (χ4v) is 2.02. The van der Waals surface area contributed by atoms with Crippen molar-refractivity contribution in [3.63, 3.8) is 0 Å². The molecule has 1 amide bonds. The predicted molar refractivity (Wildman–Crippen MR) is 64.3 cm³/mol. The summed E-state index contributed by atoms with van der Waals surface area (Å²) in [4.78, 5) is 26.6. The Morgan fingerprint density at radius 1 is 1.68 bits per heavy atom. The molecule has 1 aliphatic rings. The number of nitrogens with zero attached hydrogens (tertiary/aromatic N) is 6. The third kappa shape index (κ3) is 3.02. The molecule has 1 atom stereocenters. The number of hydrogen-bond donors (Lipinski definition) is 1. The molecular weight excluding hydrogens is 252 g/mol. The Labute approximate surface area is 108 Å². The highest BCUT2D eigenvalue weighted by molar-refractivity contribution is 5.95. The molecule has 0 aliphatic carbocycles. The minimum Gasteiger partial charge on any atom is -0.480 e. The number of carbonyl (C=O) groups is 2. The Morgan fingerprint density at radius 2 is 2.47 bits per heavy atom. The van der Waals surface area contributed by atoms with Gasteiger partial charge in [0.15, 0.2) is 0 Å². The van der Waals surface area contributed by atoms with Crippen LogP contribution in [0.4, 0.5) is 5.69 Å². The second-order valence-electron chi connectivity index (χ2n) is 4.28. The van der Waals surface area contributed by atoms with E-state index in [4.69, 9.17) is 10.6 Å². The van der Waals surface area contributed by atoms with Gasteiger partial charge in [-0.2, -0.15) is 5.10 Å². The topological polar surface area (TPSA) is 124 Å². The molecule has 1 aromatic heterocycles. The molecule has 0 aromatic carbocycles. The van der Waals surface area contributed by atoms with Crippen molar-refractivity contribution < 1.29 is 14.7 Å². The van der Waals surface area contributed by atoms with Crippen molar-refractivity contribution in [2.24, 2.45) is 11.0 Å². The lowest BCUT2D eigenvalue weighted by Gasteiger charge is -2.13. The molecule has 0 spiro atoms. The van der Waals surface area contributed by atoms with Gasteiger partial charge >= 0.3 is 5.97 Å². The predicted octanol–water partition coefficient (Wildman–Crippen LogP) is 0.631. The van der Waals surface area contributed by atoms with Crippen LogP contribution in [0.3, 0.4) is 0 Å². The molecular formula is C10H12N6O3. The molecule has 9 heteroatoms. The summed E-state index contributed by atoms with van der Waals surface area (Å²) in [5, 5.41) is 16.0. The third-order valence-electron chi connectivity index (χ3n) is 2.84. The number of aromatic nitrogens is 2. The van der Waals surface area contributed by atoms with Gasteiger partial charge in [-0.1, -0.05) is 5.11 Å². The van der Waals surface area contributed by atoms with Gasteiger partial charge in [-0.15, -0.1) is 0 Å². The lowest BCUT2D eigenvalue weighted by Crippen LogP contribution is -2.24. The van der Waals surface area contributed by atoms with Gasteiger partial charge in [0.2, 0.25) is 5.91 Å². The van der Waals surface area contributed by atoms with Crippen LogP contribution in [-0.2, 0) is 16.1 Å². The van der Waals surface area contributed by atoms with E-state index in [1.54, 1.807) is 0 Å². The normalized spacial score (nSPS) is 18.4. The highest BCUT2D eigenvalue weighted by atomic mass is 16.4. The molecule has 1 saturated heterocycles. The van der Waals surface area contributed by atoms with E-state index in [2.05, 4.69) is 15.1 Å². The Morgan fingerprint density at radius 3 is 3.16 bits per heavy atom. The average Bonchev–Trinajstić information content (AvgIpc) is 2.92. The second kappa shape index (κ2) is 5.40. The molecule has 1 fully saturated rings. The summed E-state index contributed by atoms with van der Waals surface area (Å²) in [6, 6.07) is 0. The first kappa shape index (κ1) is 12.9. The molecule has 1 aromatic rings. The zero-order chi connectivity index (χ0) is 13.8. The molecule has 2 rings (SSSR count). The van der Waals surface area contributed by atoms with E-state index in [0.717, 1.165) is 0 Å². The van der Waals surface area contributed by atoms with Gasteiger partial charge in [0.1, 0.15) is 6.54 Å². The van der Waals surface area contributed by atoms with E-state index in [1.807, 2.05) is 0 Å². The van der Waals surface area contributed by atoms with Crippen molar-refractivity contribution in [3.05, 3.63) is 22.8 Å². The molecule has 0 radical (unpaired) electrons. The molecule has 0 bridgehead atoms. The maximum atomic E-state index is 11.8. The summed E-state index contributed by atoms with van der Waals surface area (Å²) in [7, 11) is 0. The summed E-state index contributed by atoms with van der Waals surface area (Å²) in [5.41, 5.74) is 8.82. The first-order valence-corrected chi connectivity index (χ1v) is 5.65. The first-order chi connectivity index (χ1) is 9.10. The summed E-state index contributed by atoms with van der Waals surface area (Å²) in [5.74, 6) is -1.08. The number of rotatable bonds is 5. The SMILES string of the molecule is [N-]=[N+]=NCC1CC(=O)N(c2cnn(CC(=O)O)c2)C1. The van der Waals surface area contributed by atoms with Crippen LogP contribution in [0.5, 0.6) is 0 Å². The number of anilines is 1. The Bertz CT molecular complexity index is 547. The first-order valence-electron chi connectivity index (χ1n) is 5.65. The highest BCUT2D eigenvalue weighted by Crippen LogP contribution is 2.24. The smallest absolute Gasteiger partial charge is 0.325 e. The van der Waals surface area contributed by atoms with Gasteiger partial charge in [0.25, 0.3) is 0 Å². The molecule has 0 saturated carbocycles. The van der Waals surface area contributed by atoms with Crippen LogP contribution in [0.1, 0.15) is 6.42 Å². The van der Waals surface area contributed by atoms with E-state index >= 15 is 0 Å². The second-order valence-corrected chi connectivity index (χ2v) is 4.28. The average molecular weight is 264 g/mol. The zero-order valence-electron chi connectivity index (χ0n) is 10.0. The fraction of sp³-hybridized carbons (Fsp3) is 0.500. The number of aliphatic carboxylic acids is 1. The van der Waals surface area contributed by atoms with E-state index in [0.29, 0.717) is 18.7 Å². The van der Waals surface area contributed by atoms with Crippen molar-refractivity contribution in [2.75, 3.05) is 18.0 Å². The highest BCUT2D eigenvalue weighted by Gasteiger charge is 2.30. The van der Waals surface area contributed by atoms with Crippen molar-refractivity contribution in [3.8, 4) is 0 Å². The minimum absolute atomic E-state index is 0.00813. The monoisotopic (exact) mass is 264 g/mol. The van der Waals surface area contributed by atoms with Crippen LogP contribution in [0.15, 0.2) is 17.5 Å². The van der Waals surface area contributed by atoms with Crippen LogP contribution in [-0.4, -0.2) is 39.9 Å². The third-order valence-corrected chi connectivity index (χ3v) is 2.84. The molecule has 1 unspecified atom stereocenters. The van der Waals surface area contributed by atoms with Crippen molar-refractivity contribution in [2.45, 2.75) is 13.0 Å². The van der Waals surface area contributed by atoms with Crippen LogP contribution >= 0.6 is 0 Å². The Balaban J connectivity index is 2.05. The van der Waals surface area contributed by atoms with Gasteiger partial charge in [-0.05, 0) is 11.4 Å². The lowest BCUT2D eigenvalue weighted by molar-refractivity contribution is -0.137. The van der Waals surface area contributed by atoms with Crippen molar-refractivity contribution in [1.29, 1.82) is 0 Å². The number of carboxylic acid groups (broad SMARTS) is 1. The minimum atomic E-state index is -0.997. The number of hydrogen-bond acceptors (Lipinski definition) is 4. The van der Waals surface area contributed by atoms with Crippen LogP contribution < -0.4 is 4.90 Å². The van der Waals surface area contributed by atoms with Crippen LogP contribution in [0.2, 0.25) is 0 Å². The molecule has 19 heavy (non-hydrogen) atoms. The number of azide groups is 1. The number of amides is 1. The van der Waals surface area contributed by atoms with Crippen LogP contribution in [0.25, 0.3) is 10.4 Å². The zero-order valence-corrected chi connectivity index (χ0v) is 10.0. The van der Waals surface area contributed by atoms with Gasteiger partial charge in [-0.3, -0.25) is 14.3 Å². The number of carboxylic acids is 1. The maximum Gasteiger partial charge on any atom is 0.325 e. The lowest BCUT2D eigenvalue weighted by atomic mass is 10.1. The molecule has 1 aliphatic heterocycles. The molecule has 100 valence electrons. The Hall–Kier alpha value is -2.54. The van der Waals surface area contributed by atoms with Crippen molar-refractivity contribution >= 4 is 17.6 Å². The Kier molecular flexibility index (Phi) is 3.67. The molecule has 9 nitrogen and oxygen atoms in total. The molecule has 1 N–H and O–H groups in total. The fourth-order valence-electron chi connectivity index (χ4n) is 2.02. The van der Waals surface area contributed by atoms with Gasteiger partial charge < -0.3 is 10.0 Å². The standard InChI is InChI=1S/C10H12N6O3/c11-14-12-2-7-1-9(17)16(4-7)8-3-13-15(5-8)6-10(18)19/h3,5,7H,1-2,4,6H2,(H,18,19).